The maximum atomic E-state index is 12.4. The highest BCUT2D eigenvalue weighted by atomic mass is 32.1. The van der Waals surface area contributed by atoms with E-state index in [9.17, 15) is 4.79 Å². The molecule has 4 fully saturated rings. The number of carbonyl (C=O) groups excluding carboxylic acids is 1. The Morgan fingerprint density at radius 3 is 2.42 bits per heavy atom. The molecule has 0 saturated heterocycles. The number of hydrogen-bond acceptors (Lipinski definition) is 4. The van der Waals surface area contributed by atoms with Gasteiger partial charge in [-0.2, -0.15) is 0 Å². The molecule has 26 heavy (non-hydrogen) atoms. The fourth-order valence-electron chi connectivity index (χ4n) is 6.01. The average Bonchev–Trinajstić information content (AvgIpc) is 3.05. The molecule has 0 spiro atoms. The standard InChI is InChI=1S/C21H25N3OS/c1-13-4-2-3-5-17(13)9-18(25)22-20-24-23-19(26-20)21-10-14-6-15(11-21)8-16(7-14)12-21/h2-5,14-16H,6-12H2,1H3,(H,22,24,25). The molecule has 0 atom stereocenters. The van der Waals surface area contributed by atoms with E-state index in [0.717, 1.165) is 28.9 Å². The molecule has 4 nitrogen and oxygen atoms in total. The number of nitrogens with zero attached hydrogens (tertiary/aromatic N) is 2. The molecule has 4 bridgehead atoms. The van der Waals surface area contributed by atoms with E-state index in [2.05, 4.69) is 15.5 Å². The van der Waals surface area contributed by atoms with Gasteiger partial charge in [0, 0.05) is 5.41 Å². The molecule has 5 heteroatoms. The van der Waals surface area contributed by atoms with E-state index in [0.29, 0.717) is 11.6 Å². The zero-order valence-electron chi connectivity index (χ0n) is 15.2. The molecular formula is C21H25N3OS. The number of benzene rings is 1. The van der Waals surface area contributed by atoms with Crippen molar-refractivity contribution < 1.29 is 4.79 Å². The molecule has 4 aliphatic rings. The third-order valence-corrected chi connectivity index (χ3v) is 7.86. The van der Waals surface area contributed by atoms with Gasteiger partial charge in [-0.3, -0.25) is 4.79 Å². The molecule has 1 heterocycles. The van der Waals surface area contributed by atoms with Crippen molar-refractivity contribution in [2.45, 2.75) is 57.3 Å². The summed E-state index contributed by atoms with van der Waals surface area (Å²) in [7, 11) is 0. The minimum absolute atomic E-state index is 0.00693. The number of rotatable bonds is 4. The number of nitrogens with one attached hydrogen (secondary N) is 1. The second kappa shape index (κ2) is 6.15. The summed E-state index contributed by atoms with van der Waals surface area (Å²) in [6, 6.07) is 8.03. The lowest BCUT2D eigenvalue weighted by atomic mass is 9.50. The first kappa shape index (κ1) is 16.4. The van der Waals surface area contributed by atoms with Crippen LogP contribution in [-0.2, 0) is 16.6 Å². The number of anilines is 1. The van der Waals surface area contributed by atoms with Gasteiger partial charge in [0.1, 0.15) is 5.01 Å². The van der Waals surface area contributed by atoms with Crippen LogP contribution < -0.4 is 5.32 Å². The van der Waals surface area contributed by atoms with Crippen LogP contribution in [0.2, 0.25) is 0 Å². The van der Waals surface area contributed by atoms with Crippen molar-refractivity contribution in [3.05, 3.63) is 40.4 Å². The molecule has 1 aromatic carbocycles. The zero-order valence-corrected chi connectivity index (χ0v) is 16.0. The van der Waals surface area contributed by atoms with Crippen LogP contribution >= 0.6 is 11.3 Å². The van der Waals surface area contributed by atoms with E-state index in [1.165, 1.54) is 43.5 Å². The second-order valence-corrected chi connectivity index (χ2v) is 9.74. The summed E-state index contributed by atoms with van der Waals surface area (Å²) in [6.45, 7) is 2.04. The van der Waals surface area contributed by atoms with Crippen molar-refractivity contribution in [3.8, 4) is 0 Å². The summed E-state index contributed by atoms with van der Waals surface area (Å²) in [5.41, 5.74) is 2.47. The Morgan fingerprint density at radius 1 is 1.12 bits per heavy atom. The molecule has 0 aliphatic heterocycles. The van der Waals surface area contributed by atoms with Crippen LogP contribution in [-0.4, -0.2) is 16.1 Å². The van der Waals surface area contributed by atoms with Gasteiger partial charge in [-0.1, -0.05) is 35.6 Å². The first-order chi connectivity index (χ1) is 12.6. The van der Waals surface area contributed by atoms with Crippen molar-refractivity contribution in [3.63, 3.8) is 0 Å². The molecule has 0 radical (unpaired) electrons. The number of amides is 1. The zero-order chi connectivity index (χ0) is 17.7. The van der Waals surface area contributed by atoms with Crippen molar-refractivity contribution in [2.24, 2.45) is 17.8 Å². The highest BCUT2D eigenvalue weighted by molar-refractivity contribution is 7.15. The Labute approximate surface area is 158 Å². The second-order valence-electron chi connectivity index (χ2n) is 8.76. The predicted octanol–water partition coefficient (Wildman–Crippen LogP) is 4.50. The quantitative estimate of drug-likeness (QED) is 0.866. The minimum Gasteiger partial charge on any atom is -0.300 e. The van der Waals surface area contributed by atoms with Gasteiger partial charge in [0.05, 0.1) is 6.42 Å². The normalized spacial score (nSPS) is 32.0. The van der Waals surface area contributed by atoms with Gasteiger partial charge in [0.25, 0.3) is 0 Å². The Kier molecular flexibility index (Phi) is 3.89. The lowest BCUT2D eigenvalue weighted by molar-refractivity contribution is -0.115. The largest absolute Gasteiger partial charge is 0.300 e. The lowest BCUT2D eigenvalue weighted by Crippen LogP contribution is -2.48. The predicted molar refractivity (Wildman–Crippen MR) is 103 cm³/mol. The summed E-state index contributed by atoms with van der Waals surface area (Å²) in [6.07, 6.45) is 8.52. The van der Waals surface area contributed by atoms with Crippen LogP contribution in [0.25, 0.3) is 0 Å². The molecular weight excluding hydrogens is 342 g/mol. The van der Waals surface area contributed by atoms with E-state index < -0.39 is 0 Å². The Balaban J connectivity index is 1.30. The molecule has 4 aliphatic carbocycles. The fourth-order valence-corrected chi connectivity index (χ4v) is 6.98. The Morgan fingerprint density at radius 2 is 1.77 bits per heavy atom. The first-order valence-corrected chi connectivity index (χ1v) is 10.6. The number of hydrogen-bond donors (Lipinski definition) is 1. The molecule has 2 aromatic rings. The van der Waals surface area contributed by atoms with E-state index in [4.69, 9.17) is 0 Å². The SMILES string of the molecule is Cc1ccccc1CC(=O)Nc1nnc(C23CC4CC(CC(C4)C2)C3)s1. The highest BCUT2D eigenvalue weighted by Crippen LogP contribution is 2.61. The Bertz CT molecular complexity index is 808. The van der Waals surface area contributed by atoms with Crippen LogP contribution in [0, 0.1) is 24.7 Å². The van der Waals surface area contributed by atoms with E-state index in [1.807, 2.05) is 31.2 Å². The third-order valence-electron chi connectivity index (χ3n) is 6.78. The van der Waals surface area contributed by atoms with Crippen LogP contribution in [0.3, 0.4) is 0 Å². The van der Waals surface area contributed by atoms with Crippen molar-refractivity contribution in [1.29, 1.82) is 0 Å². The van der Waals surface area contributed by atoms with Gasteiger partial charge in [-0.15, -0.1) is 10.2 Å². The van der Waals surface area contributed by atoms with E-state index in [1.54, 1.807) is 11.3 Å². The number of carbonyl (C=O) groups is 1. The summed E-state index contributed by atoms with van der Waals surface area (Å²) < 4.78 is 0. The van der Waals surface area contributed by atoms with Crippen LogP contribution in [0.15, 0.2) is 24.3 Å². The van der Waals surface area contributed by atoms with Gasteiger partial charge < -0.3 is 5.32 Å². The highest BCUT2D eigenvalue weighted by Gasteiger charge is 2.53. The maximum absolute atomic E-state index is 12.4. The van der Waals surface area contributed by atoms with Crippen molar-refractivity contribution in [2.75, 3.05) is 5.32 Å². The maximum Gasteiger partial charge on any atom is 0.230 e. The van der Waals surface area contributed by atoms with Gasteiger partial charge in [0.2, 0.25) is 11.0 Å². The van der Waals surface area contributed by atoms with E-state index >= 15 is 0 Å². The average molecular weight is 368 g/mol. The molecule has 1 amide bonds. The van der Waals surface area contributed by atoms with Crippen LogP contribution in [0.5, 0.6) is 0 Å². The van der Waals surface area contributed by atoms with Crippen LogP contribution in [0.4, 0.5) is 5.13 Å². The summed E-state index contributed by atoms with van der Waals surface area (Å²) in [4.78, 5) is 12.4. The summed E-state index contributed by atoms with van der Waals surface area (Å²) in [5, 5.41) is 13.7. The minimum atomic E-state index is -0.00693. The lowest BCUT2D eigenvalue weighted by Gasteiger charge is -2.55. The van der Waals surface area contributed by atoms with Gasteiger partial charge in [-0.05, 0) is 74.3 Å². The molecule has 6 rings (SSSR count). The fraction of sp³-hybridized carbons (Fsp3) is 0.571. The molecule has 0 unspecified atom stereocenters. The van der Waals surface area contributed by atoms with Crippen molar-refractivity contribution in [1.82, 2.24) is 10.2 Å². The van der Waals surface area contributed by atoms with E-state index in [-0.39, 0.29) is 11.3 Å². The number of aryl methyl sites for hydroxylation is 1. The van der Waals surface area contributed by atoms with Gasteiger partial charge >= 0.3 is 0 Å². The van der Waals surface area contributed by atoms with Gasteiger partial charge in [-0.25, -0.2) is 0 Å². The van der Waals surface area contributed by atoms with Crippen LogP contribution in [0.1, 0.15) is 54.7 Å². The first-order valence-electron chi connectivity index (χ1n) is 9.78. The topological polar surface area (TPSA) is 54.9 Å². The summed E-state index contributed by atoms with van der Waals surface area (Å²) in [5.74, 6) is 2.67. The monoisotopic (exact) mass is 367 g/mol. The summed E-state index contributed by atoms with van der Waals surface area (Å²) >= 11 is 1.61. The molecule has 4 saturated carbocycles. The smallest absolute Gasteiger partial charge is 0.230 e. The van der Waals surface area contributed by atoms with Gasteiger partial charge in [0.15, 0.2) is 0 Å². The van der Waals surface area contributed by atoms with Crippen molar-refractivity contribution >= 4 is 22.4 Å². The molecule has 1 N–H and O–H groups in total. The molecule has 136 valence electrons. The molecule has 1 aromatic heterocycles. The number of aromatic nitrogens is 2. The third kappa shape index (κ3) is 2.86. The Hall–Kier alpha value is -1.75.